The van der Waals surface area contributed by atoms with Gasteiger partial charge in [0.1, 0.15) is 0 Å². The monoisotopic (exact) mass is 559 g/mol. The maximum Gasteiger partial charge on any atom is 0.242 e. The smallest absolute Gasteiger partial charge is 0.242 e. The molecule has 0 spiro atoms. The molecule has 0 saturated heterocycles. The summed E-state index contributed by atoms with van der Waals surface area (Å²) in [7, 11) is -1.48. The predicted octanol–water partition coefficient (Wildman–Crippen LogP) is 7.70. The van der Waals surface area contributed by atoms with E-state index in [-0.39, 0.29) is 6.71 Å². The minimum atomic E-state index is -1.48. The first-order valence-electron chi connectivity index (χ1n) is 15.6. The van der Waals surface area contributed by atoms with Crippen LogP contribution in [0.2, 0.25) is 19.6 Å². The molecule has 0 aliphatic rings. The van der Waals surface area contributed by atoms with Gasteiger partial charge in [0, 0.05) is 6.20 Å². The van der Waals surface area contributed by atoms with Crippen molar-refractivity contribution in [2.75, 3.05) is 0 Å². The number of aryl methyl sites for hydroxylation is 6. The molecule has 1 aromatic heterocycles. The van der Waals surface area contributed by atoms with Gasteiger partial charge in [0.2, 0.25) is 6.71 Å². The van der Waals surface area contributed by atoms with Gasteiger partial charge >= 0.3 is 0 Å². The molecule has 41 heavy (non-hydrogen) atoms. The second-order valence-corrected chi connectivity index (χ2v) is 18.5. The van der Waals surface area contributed by atoms with Crippen LogP contribution in [0.25, 0.3) is 11.3 Å². The van der Waals surface area contributed by atoms with Crippen LogP contribution in [0.4, 0.5) is 0 Å². The molecule has 4 aromatic rings. The largest absolute Gasteiger partial charge is 0.256 e. The van der Waals surface area contributed by atoms with Crippen LogP contribution in [0.3, 0.4) is 0 Å². The van der Waals surface area contributed by atoms with E-state index in [4.69, 9.17) is 4.98 Å². The van der Waals surface area contributed by atoms with Gasteiger partial charge in [0.25, 0.3) is 0 Å². The fourth-order valence-electron chi connectivity index (χ4n) is 6.85. The molecule has 0 amide bonds. The summed E-state index contributed by atoms with van der Waals surface area (Å²) in [5.41, 5.74) is 17.7. The van der Waals surface area contributed by atoms with Crippen LogP contribution in [0.5, 0.6) is 0 Å². The topological polar surface area (TPSA) is 12.9 Å². The van der Waals surface area contributed by atoms with E-state index in [2.05, 4.69) is 130 Å². The molecule has 1 heterocycles. The van der Waals surface area contributed by atoms with Crippen molar-refractivity contribution in [2.24, 2.45) is 0 Å². The fourth-order valence-corrected chi connectivity index (χ4v) is 8.47. The zero-order chi connectivity index (χ0) is 30.1. The predicted molar refractivity (Wildman–Crippen MR) is 187 cm³/mol. The van der Waals surface area contributed by atoms with E-state index >= 15 is 0 Å². The Hall–Kier alpha value is -2.91. The van der Waals surface area contributed by atoms with Crippen molar-refractivity contribution in [2.45, 2.75) is 101 Å². The summed E-state index contributed by atoms with van der Waals surface area (Å²) in [5.74, 6) is 0. The van der Waals surface area contributed by atoms with Crippen LogP contribution in [0.15, 0.2) is 54.7 Å². The standard InChI is InChI=1S/C38H50BNSi/c1-12-13-14-16-33-23-35(40-24-36(33)41(9,10)11)32-17-15-18-34(22-32)39(37-27(4)19-25(2)20-28(37)5)38-29(6)21-26(3)30(7)31(38)8/h15,17-24H,12-14,16H2,1-11H3. The summed E-state index contributed by atoms with van der Waals surface area (Å²) in [6.45, 7) is 25.7. The molecule has 3 aromatic carbocycles. The summed E-state index contributed by atoms with van der Waals surface area (Å²) >= 11 is 0. The molecule has 0 atom stereocenters. The first-order chi connectivity index (χ1) is 19.3. The molecule has 3 heteroatoms. The van der Waals surface area contributed by atoms with Gasteiger partial charge in [0.15, 0.2) is 0 Å². The van der Waals surface area contributed by atoms with Crippen LogP contribution >= 0.6 is 0 Å². The average molecular weight is 560 g/mol. The molecule has 0 fully saturated rings. The second-order valence-electron chi connectivity index (χ2n) is 13.5. The summed E-state index contributed by atoms with van der Waals surface area (Å²) in [6, 6.07) is 18.7. The minimum Gasteiger partial charge on any atom is -0.256 e. The zero-order valence-corrected chi connectivity index (χ0v) is 28.5. The Balaban J connectivity index is 1.93. The molecule has 214 valence electrons. The summed E-state index contributed by atoms with van der Waals surface area (Å²) in [5, 5.41) is 1.51. The van der Waals surface area contributed by atoms with E-state index in [1.165, 1.54) is 90.9 Å². The van der Waals surface area contributed by atoms with Crippen molar-refractivity contribution >= 4 is 36.4 Å². The Labute approximate surface area is 252 Å². The quantitative estimate of drug-likeness (QED) is 0.151. The van der Waals surface area contributed by atoms with Gasteiger partial charge in [-0.15, -0.1) is 0 Å². The maximum absolute atomic E-state index is 5.09. The Morgan fingerprint density at radius 2 is 1.37 bits per heavy atom. The Morgan fingerprint density at radius 1 is 0.707 bits per heavy atom. The first kappa shape index (κ1) is 31.0. The fraction of sp³-hybridized carbons (Fsp3) is 0.395. The Kier molecular flexibility index (Phi) is 9.49. The van der Waals surface area contributed by atoms with Crippen molar-refractivity contribution in [1.29, 1.82) is 0 Å². The SMILES string of the molecule is CCCCCc1cc(-c2cccc(B(c3c(C)cc(C)cc3C)c3c(C)cc(C)c(C)c3C)c2)ncc1[Si](C)(C)C. The molecule has 0 saturated carbocycles. The first-order valence-corrected chi connectivity index (χ1v) is 19.1. The third-order valence-corrected chi connectivity index (χ3v) is 11.2. The van der Waals surface area contributed by atoms with Crippen molar-refractivity contribution in [3.63, 3.8) is 0 Å². The summed E-state index contributed by atoms with van der Waals surface area (Å²) in [4.78, 5) is 5.09. The highest BCUT2D eigenvalue weighted by Crippen LogP contribution is 2.21. The normalized spacial score (nSPS) is 11.7. The maximum atomic E-state index is 5.09. The van der Waals surface area contributed by atoms with Crippen LogP contribution in [0, 0.1) is 48.5 Å². The van der Waals surface area contributed by atoms with Crippen molar-refractivity contribution in [3.05, 3.63) is 99.2 Å². The molecule has 0 unspecified atom stereocenters. The van der Waals surface area contributed by atoms with E-state index in [1.807, 2.05) is 0 Å². The second kappa shape index (κ2) is 12.5. The summed E-state index contributed by atoms with van der Waals surface area (Å²) < 4.78 is 0. The number of unbranched alkanes of at least 4 members (excludes halogenated alkanes) is 2. The minimum absolute atomic E-state index is 0.167. The van der Waals surface area contributed by atoms with Crippen LogP contribution in [-0.2, 0) is 6.42 Å². The third kappa shape index (κ3) is 6.62. The third-order valence-electron chi connectivity index (χ3n) is 9.09. The number of hydrogen-bond donors (Lipinski definition) is 0. The van der Waals surface area contributed by atoms with Gasteiger partial charge in [-0.25, -0.2) is 0 Å². The molecule has 0 N–H and O–H groups in total. The van der Waals surface area contributed by atoms with E-state index in [0.717, 1.165) is 12.1 Å². The molecule has 0 bridgehead atoms. The molecule has 0 radical (unpaired) electrons. The number of nitrogens with zero attached hydrogens (tertiary/aromatic N) is 1. The van der Waals surface area contributed by atoms with Crippen LogP contribution in [0.1, 0.15) is 70.7 Å². The average Bonchev–Trinajstić information content (AvgIpc) is 2.90. The highest BCUT2D eigenvalue weighted by molar-refractivity contribution is 6.96. The van der Waals surface area contributed by atoms with Gasteiger partial charge in [-0.1, -0.05) is 126 Å². The molecule has 0 aliphatic heterocycles. The molecular weight excluding hydrogens is 509 g/mol. The Morgan fingerprint density at radius 3 is 2.00 bits per heavy atom. The number of aromatic nitrogens is 1. The van der Waals surface area contributed by atoms with Gasteiger partial charge in [-0.3, -0.25) is 4.98 Å². The van der Waals surface area contributed by atoms with Crippen molar-refractivity contribution in [3.8, 4) is 11.3 Å². The lowest BCUT2D eigenvalue weighted by Gasteiger charge is -2.26. The number of hydrogen-bond acceptors (Lipinski definition) is 1. The lowest BCUT2D eigenvalue weighted by molar-refractivity contribution is 0.718. The number of rotatable bonds is 9. The zero-order valence-electron chi connectivity index (χ0n) is 27.5. The molecular formula is C38H50BNSi. The molecule has 0 aliphatic carbocycles. The van der Waals surface area contributed by atoms with Gasteiger partial charge < -0.3 is 0 Å². The highest BCUT2D eigenvalue weighted by Gasteiger charge is 2.29. The van der Waals surface area contributed by atoms with Crippen LogP contribution < -0.4 is 21.6 Å². The van der Waals surface area contributed by atoms with E-state index in [0.29, 0.717) is 0 Å². The molecule has 1 nitrogen and oxygen atoms in total. The number of benzene rings is 3. The Bertz CT molecular complexity index is 1540. The highest BCUT2D eigenvalue weighted by atomic mass is 28.3. The van der Waals surface area contributed by atoms with Crippen LogP contribution in [-0.4, -0.2) is 19.8 Å². The van der Waals surface area contributed by atoms with Gasteiger partial charge in [-0.2, -0.15) is 0 Å². The van der Waals surface area contributed by atoms with Gasteiger partial charge in [-0.05, 0) is 94.8 Å². The van der Waals surface area contributed by atoms with E-state index < -0.39 is 8.07 Å². The molecule has 4 rings (SSSR count). The lowest BCUT2D eigenvalue weighted by atomic mass is 9.34. The van der Waals surface area contributed by atoms with Gasteiger partial charge in [0.05, 0.1) is 13.8 Å². The van der Waals surface area contributed by atoms with Crippen molar-refractivity contribution in [1.82, 2.24) is 4.98 Å². The van der Waals surface area contributed by atoms with E-state index in [1.54, 1.807) is 0 Å². The van der Waals surface area contributed by atoms with E-state index in [9.17, 15) is 0 Å². The summed E-state index contributed by atoms with van der Waals surface area (Å²) in [6.07, 6.45) is 7.13. The lowest BCUT2D eigenvalue weighted by Crippen LogP contribution is -2.56. The van der Waals surface area contributed by atoms with Crippen molar-refractivity contribution < 1.29 is 0 Å². The number of pyridine rings is 1.